The first kappa shape index (κ1) is 17.5. The second-order valence-electron chi connectivity index (χ2n) is 6.27. The SMILES string of the molecule is CCCC[C@@H](CN1CC(O)C1)N(C)C(=O)c1ccc(C#N)cc1. The maximum Gasteiger partial charge on any atom is 0.253 e. The van der Waals surface area contributed by atoms with Crippen LogP contribution in [0.4, 0.5) is 0 Å². The van der Waals surface area contributed by atoms with Gasteiger partial charge in [0, 0.05) is 38.3 Å². The van der Waals surface area contributed by atoms with E-state index in [1.54, 1.807) is 24.3 Å². The number of nitriles is 1. The summed E-state index contributed by atoms with van der Waals surface area (Å²) in [4.78, 5) is 16.7. The molecule has 1 aromatic carbocycles. The van der Waals surface area contributed by atoms with E-state index in [-0.39, 0.29) is 18.1 Å². The Morgan fingerprint density at radius 3 is 2.61 bits per heavy atom. The summed E-state index contributed by atoms with van der Waals surface area (Å²) in [5.41, 5.74) is 1.16. The molecule has 1 aromatic rings. The predicted molar refractivity (Wildman–Crippen MR) is 89.0 cm³/mol. The quantitative estimate of drug-likeness (QED) is 0.834. The van der Waals surface area contributed by atoms with Gasteiger partial charge in [-0.15, -0.1) is 0 Å². The summed E-state index contributed by atoms with van der Waals surface area (Å²) in [6, 6.07) is 8.98. The van der Waals surface area contributed by atoms with Crippen LogP contribution in [0.25, 0.3) is 0 Å². The van der Waals surface area contributed by atoms with Crippen molar-refractivity contribution in [3.63, 3.8) is 0 Å². The van der Waals surface area contributed by atoms with Gasteiger partial charge in [0.15, 0.2) is 0 Å². The van der Waals surface area contributed by atoms with Crippen LogP contribution in [0.3, 0.4) is 0 Å². The predicted octanol–water partition coefficient (Wildman–Crippen LogP) is 1.87. The van der Waals surface area contributed by atoms with Gasteiger partial charge in [-0.2, -0.15) is 5.26 Å². The second-order valence-corrected chi connectivity index (χ2v) is 6.27. The molecule has 124 valence electrons. The van der Waals surface area contributed by atoms with E-state index in [1.165, 1.54) is 0 Å². The molecule has 0 bridgehead atoms. The van der Waals surface area contributed by atoms with Crippen molar-refractivity contribution >= 4 is 5.91 Å². The maximum atomic E-state index is 12.7. The molecule has 1 amide bonds. The molecule has 23 heavy (non-hydrogen) atoms. The molecule has 1 atom stereocenters. The van der Waals surface area contributed by atoms with Crippen molar-refractivity contribution in [3.05, 3.63) is 35.4 Å². The molecule has 2 rings (SSSR count). The molecule has 1 saturated heterocycles. The van der Waals surface area contributed by atoms with Crippen molar-refractivity contribution in [2.75, 3.05) is 26.7 Å². The largest absolute Gasteiger partial charge is 0.390 e. The number of amides is 1. The number of benzene rings is 1. The van der Waals surface area contributed by atoms with Gasteiger partial charge in [-0.3, -0.25) is 9.69 Å². The van der Waals surface area contributed by atoms with E-state index in [0.717, 1.165) is 25.8 Å². The van der Waals surface area contributed by atoms with Crippen LogP contribution in [0.2, 0.25) is 0 Å². The Morgan fingerprint density at radius 2 is 2.09 bits per heavy atom. The first-order valence-corrected chi connectivity index (χ1v) is 8.23. The van der Waals surface area contributed by atoms with Gasteiger partial charge in [0.25, 0.3) is 5.91 Å². The first-order chi connectivity index (χ1) is 11.0. The molecule has 5 nitrogen and oxygen atoms in total. The average Bonchev–Trinajstić information content (AvgIpc) is 2.55. The Balaban J connectivity index is 2.03. The van der Waals surface area contributed by atoms with E-state index in [2.05, 4.69) is 17.9 Å². The van der Waals surface area contributed by atoms with Crippen LogP contribution >= 0.6 is 0 Å². The van der Waals surface area contributed by atoms with E-state index in [9.17, 15) is 9.90 Å². The van der Waals surface area contributed by atoms with Crippen molar-refractivity contribution in [3.8, 4) is 6.07 Å². The highest BCUT2D eigenvalue weighted by Crippen LogP contribution is 2.17. The van der Waals surface area contributed by atoms with Crippen LogP contribution in [0.5, 0.6) is 0 Å². The Kier molecular flexibility index (Phi) is 6.14. The molecular formula is C18H25N3O2. The van der Waals surface area contributed by atoms with Gasteiger partial charge < -0.3 is 10.0 Å². The molecule has 0 unspecified atom stereocenters. The lowest BCUT2D eigenvalue weighted by atomic mass is 10.0. The average molecular weight is 315 g/mol. The molecule has 0 aliphatic carbocycles. The van der Waals surface area contributed by atoms with Gasteiger partial charge in [0.2, 0.25) is 0 Å². The summed E-state index contributed by atoms with van der Waals surface area (Å²) >= 11 is 0. The molecular weight excluding hydrogens is 290 g/mol. The number of likely N-dealkylation sites (N-methyl/N-ethyl adjacent to an activating group) is 1. The van der Waals surface area contributed by atoms with E-state index in [4.69, 9.17) is 5.26 Å². The molecule has 1 heterocycles. The van der Waals surface area contributed by atoms with Crippen molar-refractivity contribution in [1.82, 2.24) is 9.80 Å². The van der Waals surface area contributed by atoms with Gasteiger partial charge in [-0.1, -0.05) is 19.8 Å². The van der Waals surface area contributed by atoms with Crippen molar-refractivity contribution in [2.45, 2.75) is 38.3 Å². The fraction of sp³-hybridized carbons (Fsp3) is 0.556. The number of likely N-dealkylation sites (tertiary alicyclic amines) is 1. The zero-order valence-corrected chi connectivity index (χ0v) is 13.9. The smallest absolute Gasteiger partial charge is 0.253 e. The van der Waals surface area contributed by atoms with Gasteiger partial charge in [0.05, 0.1) is 17.7 Å². The maximum absolute atomic E-state index is 12.7. The summed E-state index contributed by atoms with van der Waals surface area (Å²) in [5, 5.41) is 18.3. The van der Waals surface area contributed by atoms with Crippen LogP contribution in [0, 0.1) is 11.3 Å². The van der Waals surface area contributed by atoms with Crippen LogP contribution in [-0.2, 0) is 0 Å². The number of aliphatic hydroxyl groups is 1. The third-order valence-electron chi connectivity index (χ3n) is 4.43. The van der Waals surface area contributed by atoms with Crippen molar-refractivity contribution in [1.29, 1.82) is 5.26 Å². The summed E-state index contributed by atoms with van der Waals surface area (Å²) < 4.78 is 0. The van der Waals surface area contributed by atoms with E-state index >= 15 is 0 Å². The highest BCUT2D eigenvalue weighted by Gasteiger charge is 2.29. The number of hydrogen-bond acceptors (Lipinski definition) is 4. The number of hydrogen-bond donors (Lipinski definition) is 1. The number of β-amino-alcohol motifs (C(OH)–C–C–N with tert-alkyl or cyclic N) is 1. The zero-order chi connectivity index (χ0) is 16.8. The molecule has 1 fully saturated rings. The van der Waals surface area contributed by atoms with Crippen LogP contribution in [0.15, 0.2) is 24.3 Å². The number of nitrogens with zero attached hydrogens (tertiary/aromatic N) is 3. The van der Waals surface area contributed by atoms with Crippen LogP contribution in [-0.4, -0.2) is 59.6 Å². The Hall–Kier alpha value is -1.90. The minimum Gasteiger partial charge on any atom is -0.390 e. The molecule has 5 heteroatoms. The minimum atomic E-state index is -0.221. The Morgan fingerprint density at radius 1 is 1.43 bits per heavy atom. The third kappa shape index (κ3) is 4.54. The fourth-order valence-electron chi connectivity index (χ4n) is 2.89. The minimum absolute atomic E-state index is 0.0170. The van der Waals surface area contributed by atoms with Gasteiger partial charge in [-0.05, 0) is 30.7 Å². The first-order valence-electron chi connectivity index (χ1n) is 8.23. The van der Waals surface area contributed by atoms with E-state index in [0.29, 0.717) is 24.2 Å². The molecule has 0 aromatic heterocycles. The lowest BCUT2D eigenvalue weighted by Gasteiger charge is -2.40. The fourth-order valence-corrected chi connectivity index (χ4v) is 2.89. The van der Waals surface area contributed by atoms with Crippen LogP contribution < -0.4 is 0 Å². The van der Waals surface area contributed by atoms with Crippen molar-refractivity contribution in [2.24, 2.45) is 0 Å². The summed E-state index contributed by atoms with van der Waals surface area (Å²) in [6.45, 7) is 4.34. The highest BCUT2D eigenvalue weighted by atomic mass is 16.3. The standard InChI is InChI=1S/C18H25N3O2/c1-3-4-5-16(11-21-12-17(22)13-21)20(2)18(23)15-8-6-14(10-19)7-9-15/h6-9,16-17,22H,3-5,11-13H2,1-2H3/t16-/m0/s1. The molecule has 0 radical (unpaired) electrons. The topological polar surface area (TPSA) is 67.6 Å². The molecule has 1 N–H and O–H groups in total. The molecule has 1 aliphatic rings. The third-order valence-corrected chi connectivity index (χ3v) is 4.43. The number of carbonyl (C=O) groups excluding carboxylic acids is 1. The molecule has 1 aliphatic heterocycles. The molecule has 0 spiro atoms. The second kappa shape index (κ2) is 8.09. The lowest BCUT2D eigenvalue weighted by Crippen LogP contribution is -2.55. The van der Waals surface area contributed by atoms with E-state index in [1.807, 2.05) is 11.9 Å². The van der Waals surface area contributed by atoms with Crippen LogP contribution in [0.1, 0.15) is 42.1 Å². The lowest BCUT2D eigenvalue weighted by molar-refractivity contribution is -0.0114. The Bertz CT molecular complexity index is 559. The number of unbranched alkanes of at least 4 members (excludes halogenated alkanes) is 1. The monoisotopic (exact) mass is 315 g/mol. The number of aliphatic hydroxyl groups excluding tert-OH is 1. The summed E-state index contributed by atoms with van der Waals surface area (Å²) in [7, 11) is 1.84. The normalized spacial score (nSPS) is 16.4. The Labute approximate surface area is 138 Å². The number of rotatable bonds is 7. The van der Waals surface area contributed by atoms with Gasteiger partial charge in [-0.25, -0.2) is 0 Å². The zero-order valence-electron chi connectivity index (χ0n) is 13.9. The molecule has 0 saturated carbocycles. The van der Waals surface area contributed by atoms with E-state index < -0.39 is 0 Å². The van der Waals surface area contributed by atoms with Gasteiger partial charge in [0.1, 0.15) is 0 Å². The van der Waals surface area contributed by atoms with Gasteiger partial charge >= 0.3 is 0 Å². The summed E-state index contributed by atoms with van der Waals surface area (Å²) in [5.74, 6) is -0.0170. The number of carbonyl (C=O) groups is 1. The van der Waals surface area contributed by atoms with Crippen molar-refractivity contribution < 1.29 is 9.90 Å². The summed E-state index contributed by atoms with van der Waals surface area (Å²) in [6.07, 6.45) is 2.91. The highest BCUT2D eigenvalue weighted by molar-refractivity contribution is 5.94.